The fraction of sp³-hybridized carbons (Fsp3) is 0.462. The van der Waals surface area contributed by atoms with E-state index in [1.165, 1.54) is 24.6 Å². The summed E-state index contributed by atoms with van der Waals surface area (Å²) < 4.78 is 0.851. The first-order valence-electron chi connectivity index (χ1n) is 6.03. The molecule has 0 saturated carbocycles. The summed E-state index contributed by atoms with van der Waals surface area (Å²) in [6, 6.07) is 7.90. The summed E-state index contributed by atoms with van der Waals surface area (Å²) in [7, 11) is 0. The van der Waals surface area contributed by atoms with Gasteiger partial charge in [0.2, 0.25) is 0 Å². The molecule has 1 saturated heterocycles. The highest BCUT2D eigenvalue weighted by molar-refractivity contribution is 9.10. The predicted molar refractivity (Wildman–Crippen MR) is 81.1 cm³/mol. The molecule has 3 nitrogen and oxygen atoms in total. The fourth-order valence-electron chi connectivity index (χ4n) is 1.90. The Bertz CT molecular complexity index is 438. The largest absolute Gasteiger partial charge is 0.384 e. The highest BCUT2D eigenvalue weighted by Gasteiger charge is 2.09. The van der Waals surface area contributed by atoms with Crippen LogP contribution < -0.4 is 5.32 Å². The third kappa shape index (κ3) is 3.91. The third-order valence-corrected chi connectivity index (χ3v) is 4.55. The van der Waals surface area contributed by atoms with Crippen molar-refractivity contribution in [2.24, 2.45) is 0 Å². The number of nitrogens with one attached hydrogen (secondary N) is 1. The van der Waals surface area contributed by atoms with Gasteiger partial charge in [-0.2, -0.15) is 17.0 Å². The van der Waals surface area contributed by atoms with Crippen molar-refractivity contribution in [3.05, 3.63) is 28.2 Å². The zero-order valence-electron chi connectivity index (χ0n) is 10.2. The lowest BCUT2D eigenvalue weighted by atomic mass is 10.2. The van der Waals surface area contributed by atoms with Gasteiger partial charge in [0.15, 0.2) is 0 Å². The molecule has 0 aromatic heterocycles. The van der Waals surface area contributed by atoms with Crippen LogP contribution in [-0.4, -0.2) is 42.6 Å². The second-order valence-electron chi connectivity index (χ2n) is 4.19. The molecular weight excluding hydrogens is 310 g/mol. The molecule has 1 fully saturated rings. The Balaban J connectivity index is 1.79. The Morgan fingerprint density at radius 2 is 2.17 bits per heavy atom. The van der Waals surface area contributed by atoms with E-state index in [0.717, 1.165) is 23.2 Å². The first-order chi connectivity index (χ1) is 8.79. The molecule has 0 unspecified atom stereocenters. The number of hydrogen-bond donors (Lipinski definition) is 1. The summed E-state index contributed by atoms with van der Waals surface area (Å²) in [5.41, 5.74) is 1.74. The predicted octanol–water partition coefficient (Wildman–Crippen LogP) is 2.78. The first kappa shape index (κ1) is 13.7. The maximum absolute atomic E-state index is 8.85. The minimum Gasteiger partial charge on any atom is -0.384 e. The number of thioether (sulfide) groups is 1. The molecule has 1 N–H and O–H groups in total. The second-order valence-corrected chi connectivity index (χ2v) is 6.27. The lowest BCUT2D eigenvalue weighted by Crippen LogP contribution is -2.36. The van der Waals surface area contributed by atoms with E-state index in [1.807, 2.05) is 30.0 Å². The van der Waals surface area contributed by atoms with Gasteiger partial charge in [-0.3, -0.25) is 4.90 Å². The van der Waals surface area contributed by atoms with E-state index in [9.17, 15) is 0 Å². The second kappa shape index (κ2) is 7.03. The topological polar surface area (TPSA) is 39.1 Å². The number of halogens is 1. The van der Waals surface area contributed by atoms with Gasteiger partial charge in [-0.05, 0) is 34.1 Å². The summed E-state index contributed by atoms with van der Waals surface area (Å²) in [5.74, 6) is 2.50. The number of rotatable bonds is 4. The van der Waals surface area contributed by atoms with Crippen molar-refractivity contribution in [2.75, 3.05) is 43.0 Å². The van der Waals surface area contributed by atoms with Crippen LogP contribution in [-0.2, 0) is 0 Å². The molecule has 1 aromatic rings. The Labute approximate surface area is 121 Å². The summed E-state index contributed by atoms with van der Waals surface area (Å²) in [4.78, 5) is 2.49. The zero-order valence-corrected chi connectivity index (χ0v) is 12.6. The van der Waals surface area contributed by atoms with Crippen LogP contribution in [0.4, 0.5) is 5.69 Å². The van der Waals surface area contributed by atoms with Gasteiger partial charge in [-0.25, -0.2) is 0 Å². The Morgan fingerprint density at radius 3 is 2.83 bits per heavy atom. The van der Waals surface area contributed by atoms with Gasteiger partial charge in [0.05, 0.1) is 5.56 Å². The number of hydrogen-bond acceptors (Lipinski definition) is 4. The van der Waals surface area contributed by atoms with Gasteiger partial charge in [0.25, 0.3) is 0 Å². The SMILES string of the molecule is N#Cc1ccc(NCCN2CCSCC2)cc1Br. The van der Waals surface area contributed by atoms with E-state index in [1.54, 1.807) is 0 Å². The highest BCUT2D eigenvalue weighted by atomic mass is 79.9. The Hall–Kier alpha value is -0.700. The number of nitriles is 1. The van der Waals surface area contributed by atoms with Crippen LogP contribution in [0.25, 0.3) is 0 Å². The van der Waals surface area contributed by atoms with E-state index in [4.69, 9.17) is 5.26 Å². The molecule has 96 valence electrons. The molecule has 2 rings (SSSR count). The van der Waals surface area contributed by atoms with Gasteiger partial charge in [-0.1, -0.05) is 0 Å². The lowest BCUT2D eigenvalue weighted by molar-refractivity contribution is 0.314. The highest BCUT2D eigenvalue weighted by Crippen LogP contribution is 2.20. The normalized spacial score (nSPS) is 16.2. The molecule has 1 aromatic carbocycles. The van der Waals surface area contributed by atoms with Crippen molar-refractivity contribution < 1.29 is 0 Å². The molecule has 0 atom stereocenters. The molecule has 5 heteroatoms. The van der Waals surface area contributed by atoms with E-state index >= 15 is 0 Å². The zero-order chi connectivity index (χ0) is 12.8. The van der Waals surface area contributed by atoms with Gasteiger partial charge in [-0.15, -0.1) is 0 Å². The van der Waals surface area contributed by atoms with Crippen LogP contribution in [0.2, 0.25) is 0 Å². The lowest BCUT2D eigenvalue weighted by Gasteiger charge is -2.26. The maximum Gasteiger partial charge on any atom is 0.100 e. The first-order valence-corrected chi connectivity index (χ1v) is 7.98. The third-order valence-electron chi connectivity index (χ3n) is 2.95. The molecule has 0 radical (unpaired) electrons. The quantitative estimate of drug-likeness (QED) is 0.923. The fourth-order valence-corrected chi connectivity index (χ4v) is 3.35. The van der Waals surface area contributed by atoms with Crippen LogP contribution in [0.15, 0.2) is 22.7 Å². The molecule has 1 aliphatic rings. The minimum atomic E-state index is 0.675. The van der Waals surface area contributed by atoms with E-state index < -0.39 is 0 Å². The average Bonchev–Trinajstić information content (AvgIpc) is 2.40. The van der Waals surface area contributed by atoms with Crippen LogP contribution in [0.5, 0.6) is 0 Å². The summed E-state index contributed by atoms with van der Waals surface area (Å²) in [6.07, 6.45) is 0. The smallest absolute Gasteiger partial charge is 0.100 e. The average molecular weight is 326 g/mol. The van der Waals surface area contributed by atoms with Crippen LogP contribution >= 0.6 is 27.7 Å². The van der Waals surface area contributed by atoms with Gasteiger partial charge in [0.1, 0.15) is 6.07 Å². The molecular formula is C13H16BrN3S. The van der Waals surface area contributed by atoms with Crippen molar-refractivity contribution in [1.82, 2.24) is 4.90 Å². The molecule has 0 spiro atoms. The van der Waals surface area contributed by atoms with Crippen molar-refractivity contribution in [1.29, 1.82) is 5.26 Å². The van der Waals surface area contributed by atoms with Gasteiger partial charge >= 0.3 is 0 Å². The summed E-state index contributed by atoms with van der Waals surface area (Å²) in [6.45, 7) is 4.42. The van der Waals surface area contributed by atoms with Crippen molar-refractivity contribution >= 4 is 33.4 Å². The van der Waals surface area contributed by atoms with E-state index in [-0.39, 0.29) is 0 Å². The summed E-state index contributed by atoms with van der Waals surface area (Å²) in [5, 5.41) is 12.2. The van der Waals surface area contributed by atoms with Crippen LogP contribution in [0.1, 0.15) is 5.56 Å². The standard InChI is InChI=1S/C13H16BrN3S/c14-13-9-12(2-1-11(13)10-15)16-3-4-17-5-7-18-8-6-17/h1-2,9,16H,3-8H2. The Morgan fingerprint density at radius 1 is 1.39 bits per heavy atom. The summed E-state index contributed by atoms with van der Waals surface area (Å²) >= 11 is 5.44. The molecule has 0 amide bonds. The number of anilines is 1. The van der Waals surface area contributed by atoms with Crippen molar-refractivity contribution in [3.8, 4) is 6.07 Å². The van der Waals surface area contributed by atoms with Crippen molar-refractivity contribution in [3.63, 3.8) is 0 Å². The molecule has 0 aliphatic carbocycles. The number of nitrogens with zero attached hydrogens (tertiary/aromatic N) is 2. The number of benzene rings is 1. The van der Waals surface area contributed by atoms with E-state index in [0.29, 0.717) is 5.56 Å². The van der Waals surface area contributed by atoms with Gasteiger partial charge < -0.3 is 5.32 Å². The van der Waals surface area contributed by atoms with Crippen LogP contribution in [0.3, 0.4) is 0 Å². The molecule has 0 bridgehead atoms. The molecule has 1 heterocycles. The maximum atomic E-state index is 8.85. The van der Waals surface area contributed by atoms with Gasteiger partial charge in [0, 0.05) is 47.8 Å². The molecule has 18 heavy (non-hydrogen) atoms. The monoisotopic (exact) mass is 325 g/mol. The minimum absolute atomic E-state index is 0.675. The van der Waals surface area contributed by atoms with E-state index in [2.05, 4.69) is 32.2 Å². The van der Waals surface area contributed by atoms with Crippen LogP contribution in [0, 0.1) is 11.3 Å². The molecule has 1 aliphatic heterocycles. The van der Waals surface area contributed by atoms with Crippen molar-refractivity contribution in [2.45, 2.75) is 0 Å². The Kier molecular flexibility index (Phi) is 5.36.